The van der Waals surface area contributed by atoms with E-state index in [0.717, 1.165) is 5.56 Å². The number of ether oxygens (including phenoxy) is 2. The molecule has 1 aromatic heterocycles. The van der Waals surface area contributed by atoms with Gasteiger partial charge in [0.15, 0.2) is 0 Å². The van der Waals surface area contributed by atoms with Crippen molar-refractivity contribution < 1.29 is 18.7 Å². The number of methoxy groups -OCH3 is 2. The lowest BCUT2D eigenvalue weighted by Crippen LogP contribution is -2.17. The van der Waals surface area contributed by atoms with E-state index in [0.29, 0.717) is 28.6 Å². The summed E-state index contributed by atoms with van der Waals surface area (Å²) in [5.41, 5.74) is 3.68. The van der Waals surface area contributed by atoms with Gasteiger partial charge in [-0.3, -0.25) is 4.79 Å². The predicted octanol–water partition coefficient (Wildman–Crippen LogP) is 2.68. The maximum absolute atomic E-state index is 12.0. The molecule has 0 spiro atoms. The van der Waals surface area contributed by atoms with Crippen molar-refractivity contribution in [3.8, 4) is 11.5 Å². The molecule has 2 rings (SSSR count). The molecule has 22 heavy (non-hydrogen) atoms. The number of rotatable bonds is 5. The summed E-state index contributed by atoms with van der Waals surface area (Å²) in [4.78, 5) is 12.0. The summed E-state index contributed by atoms with van der Waals surface area (Å²) in [5.74, 6) is 2.22. The minimum absolute atomic E-state index is 0.319. The van der Waals surface area contributed by atoms with Crippen molar-refractivity contribution >= 4 is 12.1 Å². The van der Waals surface area contributed by atoms with E-state index in [1.54, 1.807) is 52.3 Å². The number of carbonyl (C=O) groups is 1. The first-order valence-corrected chi connectivity index (χ1v) is 6.67. The molecule has 1 N–H and O–H groups in total. The summed E-state index contributed by atoms with van der Waals surface area (Å²) >= 11 is 0. The molecule has 0 aliphatic rings. The number of hydrazone groups is 1. The van der Waals surface area contributed by atoms with E-state index >= 15 is 0 Å². The number of nitrogens with zero attached hydrogens (tertiary/aromatic N) is 1. The Morgan fingerprint density at radius 2 is 1.77 bits per heavy atom. The number of hydrogen-bond donors (Lipinski definition) is 1. The van der Waals surface area contributed by atoms with Gasteiger partial charge in [0.05, 0.1) is 26.0 Å². The zero-order valence-electron chi connectivity index (χ0n) is 13.0. The molecule has 0 aliphatic carbocycles. The third kappa shape index (κ3) is 3.66. The Kier molecular flexibility index (Phi) is 4.83. The molecule has 6 nitrogen and oxygen atoms in total. The van der Waals surface area contributed by atoms with Crippen LogP contribution in [0.5, 0.6) is 11.5 Å². The number of nitrogens with one attached hydrogen (secondary N) is 1. The van der Waals surface area contributed by atoms with Gasteiger partial charge >= 0.3 is 0 Å². The van der Waals surface area contributed by atoms with Crippen molar-refractivity contribution in [2.45, 2.75) is 13.8 Å². The first-order chi connectivity index (χ1) is 10.5. The summed E-state index contributed by atoms with van der Waals surface area (Å²) in [6.45, 7) is 3.52. The highest BCUT2D eigenvalue weighted by Gasteiger charge is 2.12. The first kappa shape index (κ1) is 15.6. The third-order valence-electron chi connectivity index (χ3n) is 3.04. The summed E-state index contributed by atoms with van der Waals surface area (Å²) in [5, 5.41) is 3.94. The molecular weight excluding hydrogens is 284 g/mol. The number of carbonyl (C=O) groups excluding carboxylic acids is 1. The second kappa shape index (κ2) is 6.80. The van der Waals surface area contributed by atoms with E-state index < -0.39 is 0 Å². The van der Waals surface area contributed by atoms with E-state index in [-0.39, 0.29) is 5.91 Å². The van der Waals surface area contributed by atoms with E-state index in [9.17, 15) is 4.79 Å². The van der Waals surface area contributed by atoms with Crippen molar-refractivity contribution in [2.24, 2.45) is 5.10 Å². The Bertz CT molecular complexity index is 682. The number of amides is 1. The van der Waals surface area contributed by atoms with Crippen LogP contribution in [0, 0.1) is 13.8 Å². The molecule has 0 saturated carbocycles. The normalized spacial score (nSPS) is 10.7. The van der Waals surface area contributed by atoms with Crippen molar-refractivity contribution in [1.29, 1.82) is 0 Å². The predicted molar refractivity (Wildman–Crippen MR) is 82.8 cm³/mol. The molecule has 1 amide bonds. The molecule has 1 aromatic carbocycles. The van der Waals surface area contributed by atoms with Gasteiger partial charge in [-0.05, 0) is 32.0 Å². The lowest BCUT2D eigenvalue weighted by molar-refractivity contribution is 0.0953. The SMILES string of the molecule is COc1cc(C=NNC(=O)c2cc(C)oc2C)cc(OC)c1. The quantitative estimate of drug-likeness (QED) is 0.681. The molecular formula is C16H18N2O4. The Morgan fingerprint density at radius 1 is 1.14 bits per heavy atom. The van der Waals surface area contributed by atoms with E-state index in [1.807, 2.05) is 0 Å². The third-order valence-corrected chi connectivity index (χ3v) is 3.04. The highest BCUT2D eigenvalue weighted by molar-refractivity contribution is 5.95. The van der Waals surface area contributed by atoms with Gasteiger partial charge in [-0.15, -0.1) is 0 Å². The molecule has 1 heterocycles. The number of benzene rings is 1. The lowest BCUT2D eigenvalue weighted by Gasteiger charge is -2.05. The Labute approximate surface area is 128 Å². The van der Waals surface area contributed by atoms with Crippen molar-refractivity contribution in [3.63, 3.8) is 0 Å². The van der Waals surface area contributed by atoms with Gasteiger partial charge in [0.25, 0.3) is 5.91 Å². The first-order valence-electron chi connectivity index (χ1n) is 6.67. The molecule has 116 valence electrons. The van der Waals surface area contributed by atoms with Crippen LogP contribution < -0.4 is 14.9 Å². The van der Waals surface area contributed by atoms with Gasteiger partial charge in [-0.2, -0.15) is 5.10 Å². The standard InChI is InChI=1S/C16H18N2O4/c1-10-5-15(11(2)22-10)16(19)18-17-9-12-6-13(20-3)8-14(7-12)21-4/h5-9H,1-4H3,(H,18,19). The molecule has 0 aliphatic heterocycles. The molecule has 0 bridgehead atoms. The molecule has 0 saturated heterocycles. The molecule has 0 fully saturated rings. The van der Waals surface area contributed by atoms with Gasteiger partial charge in [-0.25, -0.2) is 5.43 Å². The lowest BCUT2D eigenvalue weighted by atomic mass is 10.2. The Balaban J connectivity index is 2.09. The monoisotopic (exact) mass is 302 g/mol. The fraction of sp³-hybridized carbons (Fsp3) is 0.250. The van der Waals surface area contributed by atoms with Gasteiger partial charge in [0.2, 0.25) is 0 Å². The van der Waals surface area contributed by atoms with Crippen LogP contribution in [0.4, 0.5) is 0 Å². The maximum Gasteiger partial charge on any atom is 0.274 e. The second-order valence-corrected chi connectivity index (χ2v) is 4.67. The fourth-order valence-corrected chi connectivity index (χ4v) is 1.99. The highest BCUT2D eigenvalue weighted by Crippen LogP contribution is 2.21. The number of furan rings is 1. The van der Waals surface area contributed by atoms with Crippen LogP contribution in [0.1, 0.15) is 27.4 Å². The van der Waals surface area contributed by atoms with Gasteiger partial charge in [-0.1, -0.05) is 0 Å². The Hall–Kier alpha value is -2.76. The summed E-state index contributed by atoms with van der Waals surface area (Å²) in [7, 11) is 3.14. The molecule has 6 heteroatoms. The van der Waals surface area contributed by atoms with Crippen LogP contribution in [0.2, 0.25) is 0 Å². The van der Waals surface area contributed by atoms with Crippen LogP contribution in [-0.2, 0) is 0 Å². The smallest absolute Gasteiger partial charge is 0.274 e. The fourth-order valence-electron chi connectivity index (χ4n) is 1.99. The second-order valence-electron chi connectivity index (χ2n) is 4.67. The largest absolute Gasteiger partial charge is 0.497 e. The van der Waals surface area contributed by atoms with E-state index in [4.69, 9.17) is 13.9 Å². The van der Waals surface area contributed by atoms with Crippen LogP contribution in [-0.4, -0.2) is 26.3 Å². The average molecular weight is 302 g/mol. The van der Waals surface area contributed by atoms with Gasteiger partial charge in [0.1, 0.15) is 23.0 Å². The average Bonchev–Trinajstić information content (AvgIpc) is 2.85. The minimum atomic E-state index is -0.319. The molecule has 2 aromatic rings. The summed E-state index contributed by atoms with van der Waals surface area (Å²) in [6, 6.07) is 7.00. The Morgan fingerprint density at radius 3 is 2.27 bits per heavy atom. The topological polar surface area (TPSA) is 73.1 Å². The van der Waals surface area contributed by atoms with Gasteiger partial charge < -0.3 is 13.9 Å². The molecule has 0 atom stereocenters. The number of aryl methyl sites for hydroxylation is 2. The van der Waals surface area contributed by atoms with Crippen LogP contribution in [0.25, 0.3) is 0 Å². The summed E-state index contributed by atoms with van der Waals surface area (Å²) in [6.07, 6.45) is 1.52. The molecule has 0 radical (unpaired) electrons. The van der Waals surface area contributed by atoms with Crippen molar-refractivity contribution in [2.75, 3.05) is 14.2 Å². The minimum Gasteiger partial charge on any atom is -0.497 e. The van der Waals surface area contributed by atoms with Crippen molar-refractivity contribution in [1.82, 2.24) is 5.43 Å². The zero-order valence-corrected chi connectivity index (χ0v) is 13.0. The highest BCUT2D eigenvalue weighted by atomic mass is 16.5. The number of hydrogen-bond acceptors (Lipinski definition) is 5. The van der Waals surface area contributed by atoms with Crippen molar-refractivity contribution in [3.05, 3.63) is 46.9 Å². The van der Waals surface area contributed by atoms with Crippen LogP contribution in [0.3, 0.4) is 0 Å². The van der Waals surface area contributed by atoms with E-state index in [2.05, 4.69) is 10.5 Å². The van der Waals surface area contributed by atoms with E-state index in [1.165, 1.54) is 6.21 Å². The van der Waals surface area contributed by atoms with Gasteiger partial charge in [0, 0.05) is 11.6 Å². The summed E-state index contributed by atoms with van der Waals surface area (Å²) < 4.78 is 15.7. The van der Waals surface area contributed by atoms with Crippen LogP contribution >= 0.6 is 0 Å². The zero-order chi connectivity index (χ0) is 16.1. The molecule has 0 unspecified atom stereocenters. The van der Waals surface area contributed by atoms with Crippen LogP contribution in [0.15, 0.2) is 33.8 Å². The maximum atomic E-state index is 12.0.